The smallest absolute Gasteiger partial charge is 0.184 e. The van der Waals surface area contributed by atoms with Crippen molar-refractivity contribution in [2.45, 2.75) is 30.7 Å². The molecule has 0 aliphatic carbocycles. The van der Waals surface area contributed by atoms with E-state index in [-0.39, 0.29) is 18.3 Å². The van der Waals surface area contributed by atoms with E-state index in [1.54, 1.807) is 21.3 Å². The maximum Gasteiger partial charge on any atom is 0.184 e. The van der Waals surface area contributed by atoms with Gasteiger partial charge in [0.2, 0.25) is 0 Å². The molecule has 0 spiro atoms. The summed E-state index contributed by atoms with van der Waals surface area (Å²) in [5, 5.41) is 9.74. The number of aliphatic hydroxyl groups is 1. The average Bonchev–Trinajstić information content (AvgIpc) is 2.28. The van der Waals surface area contributed by atoms with E-state index in [0.29, 0.717) is 6.61 Å². The first kappa shape index (κ1) is 13.8. The SMILES string of the molecule is COCC1O[C@H](O)C(OC)C(OC)[C@@H]1OC. The highest BCUT2D eigenvalue weighted by molar-refractivity contribution is 4.91. The molecule has 5 atom stereocenters. The number of methoxy groups -OCH3 is 4. The zero-order valence-corrected chi connectivity index (χ0v) is 10.1. The zero-order valence-electron chi connectivity index (χ0n) is 10.1. The van der Waals surface area contributed by atoms with E-state index < -0.39 is 12.4 Å². The van der Waals surface area contributed by atoms with Crippen LogP contribution in [0.5, 0.6) is 0 Å². The molecule has 0 aromatic heterocycles. The molecule has 1 aliphatic heterocycles. The zero-order chi connectivity index (χ0) is 12.1. The van der Waals surface area contributed by atoms with Crippen molar-refractivity contribution in [3.63, 3.8) is 0 Å². The molecule has 0 bridgehead atoms. The van der Waals surface area contributed by atoms with Crippen molar-refractivity contribution in [3.05, 3.63) is 0 Å². The van der Waals surface area contributed by atoms with Gasteiger partial charge in [-0.15, -0.1) is 0 Å². The Morgan fingerprint density at radius 1 is 0.938 bits per heavy atom. The van der Waals surface area contributed by atoms with Gasteiger partial charge in [-0.2, -0.15) is 0 Å². The van der Waals surface area contributed by atoms with Crippen LogP contribution in [0.2, 0.25) is 0 Å². The van der Waals surface area contributed by atoms with Gasteiger partial charge in [-0.1, -0.05) is 0 Å². The van der Waals surface area contributed by atoms with E-state index in [9.17, 15) is 5.11 Å². The van der Waals surface area contributed by atoms with Gasteiger partial charge in [0.15, 0.2) is 6.29 Å². The fourth-order valence-corrected chi connectivity index (χ4v) is 2.00. The third-order valence-corrected chi connectivity index (χ3v) is 2.76. The average molecular weight is 236 g/mol. The van der Waals surface area contributed by atoms with Gasteiger partial charge in [0.05, 0.1) is 6.61 Å². The molecule has 6 heteroatoms. The molecule has 1 N–H and O–H groups in total. The van der Waals surface area contributed by atoms with Crippen LogP contribution in [-0.4, -0.2) is 70.9 Å². The van der Waals surface area contributed by atoms with Gasteiger partial charge in [-0.05, 0) is 0 Å². The van der Waals surface area contributed by atoms with E-state index in [1.165, 1.54) is 7.11 Å². The maximum absolute atomic E-state index is 9.74. The Morgan fingerprint density at radius 2 is 1.50 bits per heavy atom. The molecule has 96 valence electrons. The van der Waals surface area contributed by atoms with E-state index in [0.717, 1.165) is 0 Å². The standard InChI is InChI=1S/C10H20O6/c1-12-5-6-7(13-2)8(14-3)9(15-4)10(11)16-6/h6-11H,5H2,1-4H3/t6?,7-,8?,9?,10+/m1/s1. The lowest BCUT2D eigenvalue weighted by molar-refractivity contribution is -0.300. The van der Waals surface area contributed by atoms with Gasteiger partial charge >= 0.3 is 0 Å². The topological polar surface area (TPSA) is 66.4 Å². The first-order chi connectivity index (χ1) is 7.69. The minimum Gasteiger partial charge on any atom is -0.382 e. The summed E-state index contributed by atoms with van der Waals surface area (Å²) in [6.45, 7) is 0.325. The minimum atomic E-state index is -1.04. The fourth-order valence-electron chi connectivity index (χ4n) is 2.00. The summed E-state index contributed by atoms with van der Waals surface area (Å²) in [6.07, 6.45) is -2.71. The van der Waals surface area contributed by atoms with E-state index in [4.69, 9.17) is 23.7 Å². The second-order valence-electron chi connectivity index (χ2n) is 3.62. The van der Waals surface area contributed by atoms with E-state index in [1.807, 2.05) is 0 Å². The first-order valence-corrected chi connectivity index (χ1v) is 5.10. The number of aliphatic hydroxyl groups excluding tert-OH is 1. The van der Waals surface area contributed by atoms with Crippen LogP contribution in [0.1, 0.15) is 0 Å². The Morgan fingerprint density at radius 3 is 1.94 bits per heavy atom. The molecular weight excluding hydrogens is 216 g/mol. The van der Waals surface area contributed by atoms with Gasteiger partial charge in [0.1, 0.15) is 24.4 Å². The second kappa shape index (κ2) is 6.48. The van der Waals surface area contributed by atoms with Gasteiger partial charge < -0.3 is 28.8 Å². The van der Waals surface area contributed by atoms with Crippen LogP contribution >= 0.6 is 0 Å². The summed E-state index contributed by atoms with van der Waals surface area (Å²) in [6, 6.07) is 0. The highest BCUT2D eigenvalue weighted by atomic mass is 16.7. The van der Waals surface area contributed by atoms with Crippen molar-refractivity contribution in [2.24, 2.45) is 0 Å². The van der Waals surface area contributed by atoms with E-state index >= 15 is 0 Å². The first-order valence-electron chi connectivity index (χ1n) is 5.10. The normalized spacial score (nSPS) is 39.9. The summed E-state index contributed by atoms with van der Waals surface area (Å²) in [7, 11) is 6.16. The van der Waals surface area contributed by atoms with Crippen molar-refractivity contribution in [1.29, 1.82) is 0 Å². The minimum absolute atomic E-state index is 0.325. The quantitative estimate of drug-likeness (QED) is 0.687. The largest absolute Gasteiger partial charge is 0.382 e. The number of hydrogen-bond acceptors (Lipinski definition) is 6. The monoisotopic (exact) mass is 236 g/mol. The lowest BCUT2D eigenvalue weighted by Crippen LogP contribution is -2.60. The van der Waals surface area contributed by atoms with Crippen molar-refractivity contribution in [2.75, 3.05) is 35.0 Å². The highest BCUT2D eigenvalue weighted by Gasteiger charge is 2.46. The fraction of sp³-hybridized carbons (Fsp3) is 1.00. The van der Waals surface area contributed by atoms with Gasteiger partial charge in [0.25, 0.3) is 0 Å². The summed E-state index contributed by atoms with van der Waals surface area (Å²) < 4.78 is 26.1. The van der Waals surface area contributed by atoms with Gasteiger partial charge in [-0.25, -0.2) is 0 Å². The highest BCUT2D eigenvalue weighted by Crippen LogP contribution is 2.25. The molecule has 16 heavy (non-hydrogen) atoms. The number of rotatable bonds is 5. The third-order valence-electron chi connectivity index (χ3n) is 2.76. The van der Waals surface area contributed by atoms with Gasteiger partial charge in [0, 0.05) is 28.4 Å². The molecule has 0 saturated carbocycles. The van der Waals surface area contributed by atoms with Crippen molar-refractivity contribution < 1.29 is 28.8 Å². The summed E-state index contributed by atoms with van der Waals surface area (Å²) >= 11 is 0. The van der Waals surface area contributed by atoms with Crippen molar-refractivity contribution >= 4 is 0 Å². The Hall–Kier alpha value is -0.240. The molecule has 1 rings (SSSR count). The predicted molar refractivity (Wildman–Crippen MR) is 55.1 cm³/mol. The Balaban J connectivity index is 2.78. The molecule has 0 amide bonds. The van der Waals surface area contributed by atoms with Crippen LogP contribution in [0.4, 0.5) is 0 Å². The summed E-state index contributed by atoms with van der Waals surface area (Å²) in [5.74, 6) is 0. The predicted octanol–water partition coefficient (Wildman–Crippen LogP) is -0.605. The van der Waals surface area contributed by atoms with Crippen LogP contribution in [0.15, 0.2) is 0 Å². The van der Waals surface area contributed by atoms with Crippen LogP contribution in [0.25, 0.3) is 0 Å². The van der Waals surface area contributed by atoms with Crippen molar-refractivity contribution in [3.8, 4) is 0 Å². The maximum atomic E-state index is 9.74. The lowest BCUT2D eigenvalue weighted by Gasteiger charge is -2.42. The summed E-state index contributed by atoms with van der Waals surface area (Å²) in [4.78, 5) is 0. The van der Waals surface area contributed by atoms with Crippen LogP contribution in [-0.2, 0) is 23.7 Å². The Labute approximate surface area is 95.4 Å². The number of hydrogen-bond donors (Lipinski definition) is 1. The van der Waals surface area contributed by atoms with Crippen molar-refractivity contribution in [1.82, 2.24) is 0 Å². The molecule has 1 heterocycles. The molecule has 0 aromatic carbocycles. The lowest BCUT2D eigenvalue weighted by atomic mass is 9.98. The molecule has 0 radical (unpaired) electrons. The van der Waals surface area contributed by atoms with Crippen LogP contribution < -0.4 is 0 Å². The second-order valence-corrected chi connectivity index (χ2v) is 3.62. The molecule has 3 unspecified atom stereocenters. The van der Waals surface area contributed by atoms with E-state index in [2.05, 4.69) is 0 Å². The molecule has 6 nitrogen and oxygen atoms in total. The molecule has 1 aliphatic rings. The van der Waals surface area contributed by atoms with Crippen LogP contribution in [0, 0.1) is 0 Å². The molecule has 1 saturated heterocycles. The Bertz CT molecular complexity index is 200. The molecule has 1 fully saturated rings. The summed E-state index contributed by atoms with van der Waals surface area (Å²) in [5.41, 5.74) is 0. The third kappa shape index (κ3) is 2.71. The molecular formula is C10H20O6. The molecule has 0 aromatic rings. The van der Waals surface area contributed by atoms with Crippen LogP contribution in [0.3, 0.4) is 0 Å². The Kier molecular flexibility index (Phi) is 5.60. The van der Waals surface area contributed by atoms with Gasteiger partial charge in [-0.3, -0.25) is 0 Å². The number of ether oxygens (including phenoxy) is 5.